The van der Waals surface area contributed by atoms with Gasteiger partial charge in [-0.05, 0) is 37.6 Å². The predicted molar refractivity (Wildman–Crippen MR) is 156 cm³/mol. The van der Waals surface area contributed by atoms with Gasteiger partial charge in [-0.15, -0.1) is 0 Å². The summed E-state index contributed by atoms with van der Waals surface area (Å²) in [5.74, 6) is -180. The van der Waals surface area contributed by atoms with Gasteiger partial charge in [0.2, 0.25) is 6.08 Å². The van der Waals surface area contributed by atoms with E-state index in [0.717, 1.165) is 19.1 Å². The molecule has 0 bridgehead atoms. The Morgan fingerprint density at radius 3 is 0.865 bits per heavy atom. The highest BCUT2D eigenvalue weighted by atomic mass is 19.4. The van der Waals surface area contributed by atoms with Crippen molar-refractivity contribution in [3.63, 3.8) is 0 Å². The van der Waals surface area contributed by atoms with Crippen LogP contribution in [0.15, 0.2) is 23.2 Å². The number of benzene rings is 1. The predicted octanol–water partition coefficient (Wildman–Crippen LogP) is 14.5. The Balaban J connectivity index is 3.97. The number of hydrogen-bond acceptors (Lipinski definition) is 3. The summed E-state index contributed by atoms with van der Waals surface area (Å²) in [7, 11) is 0. The van der Waals surface area contributed by atoms with Crippen LogP contribution in [0.1, 0.15) is 29.3 Å². The van der Waals surface area contributed by atoms with Gasteiger partial charge in [0.15, 0.2) is 0 Å². The van der Waals surface area contributed by atoms with Gasteiger partial charge < -0.3 is 5.32 Å². The lowest BCUT2D eigenvalue weighted by atomic mass is 9.81. The molecule has 0 aliphatic rings. The van der Waals surface area contributed by atoms with E-state index < -0.39 is 137 Å². The number of nitrogens with one attached hydrogen (secondary N) is 1. The minimum absolute atomic E-state index is 0.0229. The van der Waals surface area contributed by atoms with E-state index in [4.69, 9.17) is 0 Å². The summed E-state index contributed by atoms with van der Waals surface area (Å²) in [5, 5.41) is 1.17. The van der Waals surface area contributed by atoms with E-state index in [2.05, 4.69) is 4.99 Å². The molecule has 432 valence electrons. The van der Waals surface area contributed by atoms with Crippen molar-refractivity contribution in [3.05, 3.63) is 29.3 Å². The fraction of sp³-hybridized carbons (Fsp3) is 0.742. The molecule has 1 amide bonds. The fourth-order valence-electron chi connectivity index (χ4n) is 5.21. The first kappa shape index (κ1) is 67.4. The molecule has 0 aliphatic heterocycles. The monoisotopic (exact) mass is 1190 g/mol. The summed E-state index contributed by atoms with van der Waals surface area (Å²) in [5.41, 5.74) is -1.34. The lowest BCUT2D eigenvalue weighted by Crippen LogP contribution is -2.80. The van der Waals surface area contributed by atoms with Crippen molar-refractivity contribution in [2.75, 3.05) is 0 Å². The molecule has 0 spiro atoms. The molecule has 4 nitrogen and oxygen atoms in total. The number of nitrogens with zero attached hydrogens (tertiary/aromatic N) is 1. The van der Waals surface area contributed by atoms with Gasteiger partial charge in [-0.3, -0.25) is 4.79 Å². The number of aryl methyl sites for hydroxylation is 1. The van der Waals surface area contributed by atoms with E-state index in [1.807, 2.05) is 0 Å². The molecule has 0 saturated heterocycles. The second-order valence-electron chi connectivity index (χ2n) is 14.7. The number of carbonyl (C=O) groups excluding carboxylic acids is 2. The molecule has 1 aromatic carbocycles. The molecule has 0 fully saturated rings. The van der Waals surface area contributed by atoms with E-state index >= 15 is 0 Å². The zero-order chi connectivity index (χ0) is 60.3. The molecule has 1 atom stereocenters. The van der Waals surface area contributed by atoms with Crippen molar-refractivity contribution in [3.8, 4) is 0 Å². The summed E-state index contributed by atoms with van der Waals surface area (Å²) in [6.07, 6.45) is -10.9. The molecule has 0 radical (unpaired) electrons. The zero-order valence-electron chi connectivity index (χ0n) is 33.5. The molecule has 1 aromatic rings. The summed E-state index contributed by atoms with van der Waals surface area (Å²) < 4.78 is 543. The molecule has 0 saturated carbocycles. The topological polar surface area (TPSA) is 58.5 Å². The van der Waals surface area contributed by atoms with Crippen LogP contribution in [-0.2, 0) is 4.79 Å². The largest absolute Gasteiger partial charge is 0.460 e. The third kappa shape index (κ3) is 8.54. The standard InChI is InChI=1S/C31H13F39N2O2/c1-8-5-10(3-4-11(8)71-7-73)12(74)72-9(2)6-13(32,33)14(34,35)15(36,37)16(38,39)17(40,41)18(42,43)19(44,45)20(46,47)21(48,49)22(50,51)23(52,53)24(54,55)25(56,57)26(58,59)27(60,61)28(62,63)29(64,65)30(66,67)31(68,69)70/h3-5,9H,6H2,1-2H3,(H,72,74). The zero-order valence-corrected chi connectivity index (χ0v) is 33.5. The van der Waals surface area contributed by atoms with Crippen LogP contribution in [0.3, 0.4) is 0 Å². The number of alkyl halides is 39. The number of rotatable bonds is 22. The number of hydrogen-bond donors (Lipinski definition) is 1. The molecular weight excluding hydrogens is 1170 g/mol. The van der Waals surface area contributed by atoms with Crippen LogP contribution in [0, 0.1) is 6.92 Å². The van der Waals surface area contributed by atoms with Crippen LogP contribution in [-0.4, -0.2) is 131 Å². The van der Waals surface area contributed by atoms with Gasteiger partial charge in [-0.25, -0.2) is 4.79 Å². The number of aliphatic imine (C=N–C) groups is 1. The van der Waals surface area contributed by atoms with Gasteiger partial charge in [0.25, 0.3) is 5.91 Å². The van der Waals surface area contributed by atoms with E-state index in [0.29, 0.717) is 12.1 Å². The highest BCUT2D eigenvalue weighted by Crippen LogP contribution is 2.71. The first-order chi connectivity index (χ1) is 31.7. The van der Waals surface area contributed by atoms with E-state index in [1.54, 1.807) is 0 Å². The van der Waals surface area contributed by atoms with Crippen LogP contribution < -0.4 is 5.32 Å². The Morgan fingerprint density at radius 2 is 0.649 bits per heavy atom. The Hall–Kier alpha value is -4.66. The fourth-order valence-corrected chi connectivity index (χ4v) is 5.21. The minimum Gasteiger partial charge on any atom is -0.349 e. The second-order valence-corrected chi connectivity index (χ2v) is 14.7. The maximum Gasteiger partial charge on any atom is 0.460 e. The van der Waals surface area contributed by atoms with Crippen LogP contribution in [0.4, 0.5) is 177 Å². The number of isocyanates is 1. The highest BCUT2D eigenvalue weighted by molar-refractivity contribution is 5.95. The quantitative estimate of drug-likeness (QED) is 0.0714. The van der Waals surface area contributed by atoms with Crippen LogP contribution >= 0.6 is 0 Å². The van der Waals surface area contributed by atoms with Crippen LogP contribution in [0.5, 0.6) is 0 Å². The molecular formula is C31H13F39N2O2. The van der Waals surface area contributed by atoms with Gasteiger partial charge >= 0.3 is 113 Å². The van der Waals surface area contributed by atoms with Gasteiger partial charge in [0.1, 0.15) is 0 Å². The molecule has 0 heterocycles. The number of amides is 1. The third-order valence-corrected chi connectivity index (χ3v) is 9.69. The second kappa shape index (κ2) is 18.0. The molecule has 1 unspecified atom stereocenters. The molecule has 1 N–H and O–H groups in total. The summed E-state index contributed by atoms with van der Waals surface area (Å²) in [6, 6.07) is -0.986. The van der Waals surface area contributed by atoms with Crippen LogP contribution in [0.25, 0.3) is 0 Å². The first-order valence-electron chi connectivity index (χ1n) is 17.1. The maximum atomic E-state index is 14.5. The van der Waals surface area contributed by atoms with E-state index in [1.165, 1.54) is 5.32 Å². The molecule has 43 heteroatoms. The van der Waals surface area contributed by atoms with Crippen molar-refractivity contribution in [1.82, 2.24) is 5.32 Å². The summed E-state index contributed by atoms with van der Waals surface area (Å²) in [4.78, 5) is 25.6. The van der Waals surface area contributed by atoms with Gasteiger partial charge in [-0.2, -0.15) is 176 Å². The Labute approximate surface area is 378 Å². The maximum absolute atomic E-state index is 14.5. The average molecular weight is 1190 g/mol. The molecule has 74 heavy (non-hydrogen) atoms. The van der Waals surface area contributed by atoms with Crippen molar-refractivity contribution in [1.29, 1.82) is 0 Å². The van der Waals surface area contributed by atoms with Gasteiger partial charge in [0.05, 0.1) is 5.69 Å². The normalized spacial score (nSPS) is 16.5. The molecule has 0 aliphatic carbocycles. The number of halogens is 39. The SMILES string of the molecule is Cc1cc(C(=O)NC(C)CC(F)(F)C(F)(F)C(F)(F)C(F)(F)C(F)(F)C(F)(F)C(F)(F)C(F)(F)C(F)(F)C(F)(F)C(F)(F)C(F)(F)C(F)(F)C(F)(F)C(F)(F)C(F)(F)C(F)(F)C(F)(F)C(F)(F)F)ccc1N=C=O. The van der Waals surface area contributed by atoms with Crippen molar-refractivity contribution in [2.24, 2.45) is 4.99 Å². The van der Waals surface area contributed by atoms with Crippen molar-refractivity contribution >= 4 is 17.7 Å². The Morgan fingerprint density at radius 1 is 0.419 bits per heavy atom. The van der Waals surface area contributed by atoms with E-state index in [-0.39, 0.29) is 18.2 Å². The van der Waals surface area contributed by atoms with Gasteiger partial charge in [0, 0.05) is 18.0 Å². The highest BCUT2D eigenvalue weighted by Gasteiger charge is 3.03. The van der Waals surface area contributed by atoms with Crippen molar-refractivity contribution < 1.29 is 181 Å². The van der Waals surface area contributed by atoms with E-state index in [9.17, 15) is 181 Å². The Bertz CT molecular complexity index is 2290. The van der Waals surface area contributed by atoms with Crippen LogP contribution in [0.2, 0.25) is 0 Å². The first-order valence-corrected chi connectivity index (χ1v) is 17.1. The summed E-state index contributed by atoms with van der Waals surface area (Å²) in [6.45, 7) is 0.991. The lowest BCUT2D eigenvalue weighted by molar-refractivity contribution is -0.494. The lowest BCUT2D eigenvalue weighted by Gasteiger charge is -2.47. The molecule has 0 aromatic heterocycles. The Kier molecular flexibility index (Phi) is 16.4. The number of carbonyl (C=O) groups is 1. The average Bonchev–Trinajstić information content (AvgIpc) is 3.19. The molecule has 1 rings (SSSR count). The third-order valence-electron chi connectivity index (χ3n) is 9.69. The smallest absolute Gasteiger partial charge is 0.349 e. The van der Waals surface area contributed by atoms with Crippen molar-refractivity contribution in [2.45, 2.75) is 139 Å². The summed E-state index contributed by atoms with van der Waals surface area (Å²) >= 11 is 0. The minimum atomic E-state index is -10.6. The van der Waals surface area contributed by atoms with Gasteiger partial charge in [-0.1, -0.05) is 0 Å².